The highest BCUT2D eigenvalue weighted by Crippen LogP contribution is 2.40. The van der Waals surface area contributed by atoms with Gasteiger partial charge >= 0.3 is 0 Å². The molecular formula is C48H48N10O5. The first-order valence-corrected chi connectivity index (χ1v) is 21.5. The van der Waals surface area contributed by atoms with Gasteiger partial charge in [-0.25, -0.2) is 15.0 Å². The highest BCUT2D eigenvalue weighted by Gasteiger charge is 2.45. The second-order valence-electron chi connectivity index (χ2n) is 16.5. The molecule has 9 rings (SSSR count). The third-order valence-electron chi connectivity index (χ3n) is 12.4. The maximum atomic E-state index is 13.4. The molecule has 15 heteroatoms. The molecule has 1 saturated heterocycles. The third kappa shape index (κ3) is 8.14. The van der Waals surface area contributed by atoms with Crippen molar-refractivity contribution in [2.24, 2.45) is 5.73 Å². The van der Waals surface area contributed by atoms with Gasteiger partial charge in [-0.05, 0) is 111 Å². The van der Waals surface area contributed by atoms with Gasteiger partial charge in [0.15, 0.2) is 11.5 Å². The molecule has 0 bridgehead atoms. The number of nitrogens with two attached hydrogens (primary N) is 2. The molecule has 5 heterocycles. The van der Waals surface area contributed by atoms with E-state index in [0.717, 1.165) is 70.6 Å². The minimum Gasteiger partial charge on any atom is -0.384 e. The van der Waals surface area contributed by atoms with Crippen LogP contribution >= 0.6 is 0 Å². The number of carbonyl (C=O) groups is 5. The second-order valence-corrected chi connectivity index (χ2v) is 16.5. The average molecular weight is 845 g/mol. The molecule has 2 aliphatic heterocycles. The highest BCUT2D eigenvalue weighted by atomic mass is 16.2. The van der Waals surface area contributed by atoms with E-state index in [4.69, 9.17) is 21.4 Å². The normalized spacial score (nSPS) is 16.8. The van der Waals surface area contributed by atoms with Crippen LogP contribution in [-0.4, -0.2) is 73.1 Å². The van der Waals surface area contributed by atoms with Crippen molar-refractivity contribution in [2.45, 2.75) is 75.8 Å². The summed E-state index contributed by atoms with van der Waals surface area (Å²) >= 11 is 0. The van der Waals surface area contributed by atoms with Crippen molar-refractivity contribution in [1.29, 1.82) is 0 Å². The SMILES string of the molecule is Nc1ncccc1-c1nc2ccc(-c3cccc(CCNC(=O)CCCCCNc4cccc5c4C(=O)N(C4CCC(=O)NC4=O)C5=O)c3)nc2n1-c1ccc(C2(N)CCC2)cc1. The number of anilines is 2. The fourth-order valence-electron chi connectivity index (χ4n) is 8.73. The molecule has 320 valence electrons. The van der Waals surface area contributed by atoms with E-state index in [-0.39, 0.29) is 35.4 Å². The van der Waals surface area contributed by atoms with Crippen LogP contribution in [0.3, 0.4) is 0 Å². The summed E-state index contributed by atoms with van der Waals surface area (Å²) in [7, 11) is 0. The summed E-state index contributed by atoms with van der Waals surface area (Å²) in [6, 6.07) is 28.2. The number of imidazole rings is 1. The Bertz CT molecular complexity index is 2780. The van der Waals surface area contributed by atoms with E-state index in [0.29, 0.717) is 60.9 Å². The van der Waals surface area contributed by atoms with Gasteiger partial charge in [-0.3, -0.25) is 38.8 Å². The number of benzene rings is 3. The van der Waals surface area contributed by atoms with Gasteiger partial charge in [0.2, 0.25) is 17.7 Å². The van der Waals surface area contributed by atoms with Crippen molar-refractivity contribution in [3.63, 3.8) is 0 Å². The molecule has 0 spiro atoms. The average Bonchev–Trinajstić information content (AvgIpc) is 3.78. The van der Waals surface area contributed by atoms with E-state index < -0.39 is 29.7 Å². The van der Waals surface area contributed by atoms with Crippen LogP contribution in [0.2, 0.25) is 0 Å². The first-order chi connectivity index (χ1) is 30.6. The Morgan fingerprint density at radius 2 is 1.67 bits per heavy atom. The molecule has 1 aliphatic carbocycles. The Hall–Kier alpha value is -7.26. The molecule has 15 nitrogen and oxygen atoms in total. The van der Waals surface area contributed by atoms with Crippen LogP contribution in [-0.2, 0) is 26.3 Å². The molecule has 5 amide bonds. The Morgan fingerprint density at radius 1 is 0.857 bits per heavy atom. The lowest BCUT2D eigenvalue weighted by molar-refractivity contribution is -0.136. The molecule has 3 aliphatic rings. The standard InChI is InChI=1S/C48H48N10O5/c49-42-34(11-6-26-53-42)43-55-37-19-18-35(54-44(37)57(43)32-16-14-31(15-17-32)48(50)23-7-24-48)30-9-4-8-29(28-30)22-27-52-39(59)13-2-1-3-25-51-36-12-5-10-33-41(36)47(63)58(46(33)62)38-20-21-40(60)56-45(38)61/h4-6,8-12,14-19,26,28,38,51H,1-3,7,13,20-25,27,50H2,(H2,49,53)(H,52,59)(H,56,60,61). The summed E-state index contributed by atoms with van der Waals surface area (Å²) < 4.78 is 2.02. The van der Waals surface area contributed by atoms with Crippen LogP contribution in [0, 0.1) is 0 Å². The zero-order valence-corrected chi connectivity index (χ0v) is 34.7. The molecule has 1 unspecified atom stereocenters. The number of nitrogens with one attached hydrogen (secondary N) is 3. The summed E-state index contributed by atoms with van der Waals surface area (Å²) in [5, 5.41) is 8.53. The number of rotatable bonds is 15. The number of carbonyl (C=O) groups excluding carboxylic acids is 5. The van der Waals surface area contributed by atoms with Gasteiger partial charge in [-0.15, -0.1) is 0 Å². The van der Waals surface area contributed by atoms with Gasteiger partial charge in [-0.1, -0.05) is 42.8 Å². The topological polar surface area (TPSA) is 220 Å². The van der Waals surface area contributed by atoms with Crippen molar-refractivity contribution >= 4 is 52.2 Å². The molecule has 7 N–H and O–H groups in total. The van der Waals surface area contributed by atoms with Crippen LogP contribution in [0.1, 0.15) is 89.6 Å². The number of unbranched alkanes of at least 4 members (excludes halogenated alkanes) is 2. The van der Waals surface area contributed by atoms with Crippen molar-refractivity contribution in [1.82, 2.24) is 35.1 Å². The molecule has 0 radical (unpaired) electrons. The summed E-state index contributed by atoms with van der Waals surface area (Å²) in [5.74, 6) is -1.15. The highest BCUT2D eigenvalue weighted by molar-refractivity contribution is 6.25. The molecule has 63 heavy (non-hydrogen) atoms. The van der Waals surface area contributed by atoms with Gasteiger partial charge in [0.05, 0.1) is 22.4 Å². The molecule has 1 saturated carbocycles. The number of aromatic nitrogens is 4. The van der Waals surface area contributed by atoms with Gasteiger partial charge in [0, 0.05) is 54.6 Å². The van der Waals surface area contributed by atoms with Crippen molar-refractivity contribution in [3.05, 3.63) is 119 Å². The number of imide groups is 2. The van der Waals surface area contributed by atoms with E-state index >= 15 is 0 Å². The maximum Gasteiger partial charge on any atom is 0.264 e. The van der Waals surface area contributed by atoms with Crippen molar-refractivity contribution < 1.29 is 24.0 Å². The number of nitrogens with zero attached hydrogens (tertiary/aromatic N) is 5. The molecule has 3 aromatic heterocycles. The van der Waals surface area contributed by atoms with Crippen LogP contribution in [0.25, 0.3) is 39.5 Å². The number of amides is 5. The van der Waals surface area contributed by atoms with Crippen LogP contribution in [0.4, 0.5) is 11.5 Å². The number of pyridine rings is 2. The first kappa shape index (κ1) is 41.1. The summed E-state index contributed by atoms with van der Waals surface area (Å²) in [4.78, 5) is 78.7. The molecule has 1 atom stereocenters. The van der Waals surface area contributed by atoms with Crippen molar-refractivity contribution in [3.8, 4) is 28.3 Å². The monoisotopic (exact) mass is 844 g/mol. The number of hydrogen-bond donors (Lipinski definition) is 5. The Morgan fingerprint density at radius 3 is 2.44 bits per heavy atom. The van der Waals surface area contributed by atoms with E-state index in [1.165, 1.54) is 0 Å². The predicted octanol–water partition coefficient (Wildman–Crippen LogP) is 5.80. The molecular weight excluding hydrogens is 797 g/mol. The Balaban J connectivity index is 0.786. The Labute approximate surface area is 363 Å². The number of piperidine rings is 1. The summed E-state index contributed by atoms with van der Waals surface area (Å²) in [6.45, 7) is 1.02. The fraction of sp³-hybridized carbons (Fsp3) is 0.292. The van der Waals surface area contributed by atoms with Crippen LogP contribution in [0.15, 0.2) is 97.2 Å². The fourth-order valence-corrected chi connectivity index (χ4v) is 8.73. The van der Waals surface area contributed by atoms with E-state index in [9.17, 15) is 24.0 Å². The van der Waals surface area contributed by atoms with Crippen LogP contribution in [0.5, 0.6) is 0 Å². The lowest BCUT2D eigenvalue weighted by Gasteiger charge is -2.38. The predicted molar refractivity (Wildman–Crippen MR) is 238 cm³/mol. The lowest BCUT2D eigenvalue weighted by atomic mass is 9.73. The van der Waals surface area contributed by atoms with Crippen molar-refractivity contribution in [2.75, 3.05) is 24.1 Å². The minimum atomic E-state index is -1.02. The summed E-state index contributed by atoms with van der Waals surface area (Å²) in [6.07, 6.45) is 8.14. The van der Waals surface area contributed by atoms with Gasteiger partial charge in [0.25, 0.3) is 11.8 Å². The molecule has 2 fully saturated rings. The lowest BCUT2D eigenvalue weighted by Crippen LogP contribution is -2.54. The minimum absolute atomic E-state index is 0.0227. The third-order valence-corrected chi connectivity index (χ3v) is 12.4. The quantitative estimate of drug-likeness (QED) is 0.0614. The van der Waals surface area contributed by atoms with E-state index in [1.54, 1.807) is 24.4 Å². The summed E-state index contributed by atoms with van der Waals surface area (Å²) in [5.41, 5.74) is 20.6. The van der Waals surface area contributed by atoms with Crippen LogP contribution < -0.4 is 27.4 Å². The van der Waals surface area contributed by atoms with E-state index in [2.05, 4.69) is 51.3 Å². The smallest absolute Gasteiger partial charge is 0.264 e. The van der Waals surface area contributed by atoms with Gasteiger partial charge in [0.1, 0.15) is 17.4 Å². The number of hydrogen-bond acceptors (Lipinski definition) is 11. The Kier molecular flexibility index (Phi) is 11.3. The number of fused-ring (bicyclic) bond motifs is 2. The zero-order chi connectivity index (χ0) is 43.7. The number of nitrogen functional groups attached to an aromatic ring is 1. The molecule has 6 aromatic rings. The largest absolute Gasteiger partial charge is 0.384 e. The second kappa shape index (κ2) is 17.2. The van der Waals surface area contributed by atoms with Gasteiger partial charge in [-0.2, -0.15) is 0 Å². The molecule has 3 aromatic carbocycles. The zero-order valence-electron chi connectivity index (χ0n) is 34.7. The van der Waals surface area contributed by atoms with E-state index in [1.807, 2.05) is 47.0 Å². The van der Waals surface area contributed by atoms with Gasteiger partial charge < -0.3 is 22.1 Å². The maximum absolute atomic E-state index is 13.4. The first-order valence-electron chi connectivity index (χ1n) is 21.5.